The minimum absolute atomic E-state index is 0.0886. The second-order valence-electron chi connectivity index (χ2n) is 5.89. The lowest BCUT2D eigenvalue weighted by Gasteiger charge is -2.24. The third kappa shape index (κ3) is 3.80. The zero-order chi connectivity index (χ0) is 16.9. The SMILES string of the molecule is OC[C@H]1CCCN1c1cc(NC[C@H](O)c2cccc(F)c2)ncn1. The molecule has 0 amide bonds. The maximum Gasteiger partial charge on any atom is 0.134 e. The molecule has 128 valence electrons. The highest BCUT2D eigenvalue weighted by Crippen LogP contribution is 2.24. The molecule has 0 saturated carbocycles. The summed E-state index contributed by atoms with van der Waals surface area (Å²) >= 11 is 0. The van der Waals surface area contributed by atoms with Crippen molar-refractivity contribution in [3.63, 3.8) is 0 Å². The van der Waals surface area contributed by atoms with Crippen LogP contribution >= 0.6 is 0 Å². The van der Waals surface area contributed by atoms with Crippen LogP contribution in [0, 0.1) is 5.82 Å². The molecule has 3 N–H and O–H groups in total. The fraction of sp³-hybridized carbons (Fsp3) is 0.412. The fourth-order valence-corrected chi connectivity index (χ4v) is 2.96. The predicted molar refractivity (Wildman–Crippen MR) is 89.3 cm³/mol. The van der Waals surface area contributed by atoms with E-state index in [9.17, 15) is 14.6 Å². The van der Waals surface area contributed by atoms with E-state index in [1.807, 2.05) is 0 Å². The van der Waals surface area contributed by atoms with Crippen molar-refractivity contribution in [3.05, 3.63) is 48.0 Å². The summed E-state index contributed by atoms with van der Waals surface area (Å²) in [5.41, 5.74) is 0.511. The van der Waals surface area contributed by atoms with Crippen molar-refractivity contribution in [2.75, 3.05) is 29.9 Å². The third-order valence-corrected chi connectivity index (χ3v) is 4.24. The first-order valence-electron chi connectivity index (χ1n) is 8.04. The van der Waals surface area contributed by atoms with Crippen LogP contribution in [0.15, 0.2) is 36.7 Å². The van der Waals surface area contributed by atoms with Gasteiger partial charge in [-0.2, -0.15) is 0 Å². The molecule has 0 aliphatic carbocycles. The number of nitrogens with one attached hydrogen (secondary N) is 1. The van der Waals surface area contributed by atoms with Gasteiger partial charge in [-0.15, -0.1) is 0 Å². The van der Waals surface area contributed by atoms with Crippen LogP contribution in [0.2, 0.25) is 0 Å². The van der Waals surface area contributed by atoms with Gasteiger partial charge in [0.15, 0.2) is 0 Å². The van der Waals surface area contributed by atoms with E-state index in [0.717, 1.165) is 25.2 Å². The van der Waals surface area contributed by atoms with Gasteiger partial charge in [0.25, 0.3) is 0 Å². The van der Waals surface area contributed by atoms with Crippen molar-refractivity contribution in [2.24, 2.45) is 0 Å². The molecule has 1 aliphatic heterocycles. The molecular weight excluding hydrogens is 311 g/mol. The maximum atomic E-state index is 13.2. The molecule has 1 aromatic heterocycles. The minimum atomic E-state index is -0.837. The number of halogens is 1. The van der Waals surface area contributed by atoms with Crippen LogP contribution < -0.4 is 10.2 Å². The Bertz CT molecular complexity index is 685. The average Bonchev–Trinajstić information content (AvgIpc) is 3.08. The average molecular weight is 332 g/mol. The molecular formula is C17H21FN4O2. The van der Waals surface area contributed by atoms with Gasteiger partial charge in [-0.1, -0.05) is 12.1 Å². The zero-order valence-corrected chi connectivity index (χ0v) is 13.3. The Kier molecular flexibility index (Phi) is 5.22. The molecule has 0 spiro atoms. The minimum Gasteiger partial charge on any atom is -0.394 e. The Morgan fingerprint density at radius 1 is 1.33 bits per heavy atom. The Labute approximate surface area is 140 Å². The van der Waals surface area contributed by atoms with Gasteiger partial charge in [-0.25, -0.2) is 14.4 Å². The summed E-state index contributed by atoms with van der Waals surface area (Å²) in [7, 11) is 0. The lowest BCUT2D eigenvalue weighted by molar-refractivity contribution is 0.191. The molecule has 1 saturated heterocycles. The van der Waals surface area contributed by atoms with E-state index in [-0.39, 0.29) is 25.0 Å². The number of aliphatic hydroxyl groups is 2. The van der Waals surface area contributed by atoms with Gasteiger partial charge < -0.3 is 20.4 Å². The fourth-order valence-electron chi connectivity index (χ4n) is 2.96. The summed E-state index contributed by atoms with van der Waals surface area (Å²) in [6.07, 6.45) is 2.59. The second kappa shape index (κ2) is 7.55. The van der Waals surface area contributed by atoms with E-state index in [0.29, 0.717) is 11.4 Å². The number of benzene rings is 1. The smallest absolute Gasteiger partial charge is 0.134 e. The Hall–Kier alpha value is -2.25. The Balaban J connectivity index is 1.64. The summed E-state index contributed by atoms with van der Waals surface area (Å²) in [6.45, 7) is 1.17. The number of rotatable bonds is 6. The number of aliphatic hydroxyl groups excluding tert-OH is 2. The highest BCUT2D eigenvalue weighted by molar-refractivity contribution is 5.50. The van der Waals surface area contributed by atoms with Crippen LogP contribution in [0.1, 0.15) is 24.5 Å². The predicted octanol–water partition coefficient (Wildman–Crippen LogP) is 1.72. The number of nitrogens with zero attached hydrogens (tertiary/aromatic N) is 3. The standard InChI is InChI=1S/C17H21FN4O2/c18-13-4-1-3-12(7-13)15(24)9-19-16-8-17(21-11-20-16)22-6-2-5-14(22)10-23/h1,3-4,7-8,11,14-15,23-24H,2,5-6,9-10H2,(H,19,20,21)/t14-,15+/m1/s1. The van der Waals surface area contributed by atoms with E-state index in [2.05, 4.69) is 20.2 Å². The molecule has 1 aromatic carbocycles. The molecule has 0 radical (unpaired) electrons. The van der Waals surface area contributed by atoms with Gasteiger partial charge in [0.05, 0.1) is 18.8 Å². The molecule has 2 atom stereocenters. The molecule has 1 fully saturated rings. The van der Waals surface area contributed by atoms with E-state index in [1.54, 1.807) is 18.2 Å². The lowest BCUT2D eigenvalue weighted by Crippen LogP contribution is -2.32. The van der Waals surface area contributed by atoms with Crippen molar-refractivity contribution >= 4 is 11.6 Å². The number of hydrogen-bond acceptors (Lipinski definition) is 6. The van der Waals surface area contributed by atoms with E-state index in [4.69, 9.17) is 0 Å². The highest BCUT2D eigenvalue weighted by atomic mass is 19.1. The van der Waals surface area contributed by atoms with Gasteiger partial charge in [0, 0.05) is 19.2 Å². The number of hydrogen-bond donors (Lipinski definition) is 3. The van der Waals surface area contributed by atoms with Crippen LogP contribution in [0.3, 0.4) is 0 Å². The van der Waals surface area contributed by atoms with Crippen molar-refractivity contribution in [2.45, 2.75) is 25.0 Å². The quantitative estimate of drug-likeness (QED) is 0.747. The summed E-state index contributed by atoms with van der Waals surface area (Å²) in [5, 5.41) is 22.6. The molecule has 6 nitrogen and oxygen atoms in total. The van der Waals surface area contributed by atoms with Gasteiger partial charge in [0.2, 0.25) is 0 Å². The first kappa shape index (κ1) is 16.6. The van der Waals surface area contributed by atoms with Crippen LogP contribution in [0.4, 0.5) is 16.0 Å². The molecule has 3 rings (SSSR count). The van der Waals surface area contributed by atoms with Crippen LogP contribution in [0.25, 0.3) is 0 Å². The summed E-state index contributed by atoms with van der Waals surface area (Å²) < 4.78 is 13.2. The van der Waals surface area contributed by atoms with Crippen LogP contribution in [0.5, 0.6) is 0 Å². The number of anilines is 2. The molecule has 2 aromatic rings. The second-order valence-corrected chi connectivity index (χ2v) is 5.89. The van der Waals surface area contributed by atoms with E-state index in [1.165, 1.54) is 18.5 Å². The first-order valence-corrected chi connectivity index (χ1v) is 8.04. The van der Waals surface area contributed by atoms with Crippen molar-refractivity contribution < 1.29 is 14.6 Å². The molecule has 2 heterocycles. The molecule has 0 unspecified atom stereocenters. The maximum absolute atomic E-state index is 13.2. The molecule has 0 bridgehead atoms. The first-order chi connectivity index (χ1) is 11.7. The Morgan fingerprint density at radius 3 is 3.00 bits per heavy atom. The third-order valence-electron chi connectivity index (χ3n) is 4.24. The summed E-state index contributed by atoms with van der Waals surface area (Å²) in [5.74, 6) is 0.961. The van der Waals surface area contributed by atoms with Gasteiger partial charge in [-0.05, 0) is 30.5 Å². The Morgan fingerprint density at radius 2 is 2.21 bits per heavy atom. The molecule has 24 heavy (non-hydrogen) atoms. The lowest BCUT2D eigenvalue weighted by atomic mass is 10.1. The topological polar surface area (TPSA) is 81.5 Å². The van der Waals surface area contributed by atoms with Gasteiger partial charge in [0.1, 0.15) is 23.8 Å². The number of aromatic nitrogens is 2. The van der Waals surface area contributed by atoms with Crippen LogP contribution in [-0.4, -0.2) is 45.9 Å². The van der Waals surface area contributed by atoms with Gasteiger partial charge in [-0.3, -0.25) is 0 Å². The zero-order valence-electron chi connectivity index (χ0n) is 13.3. The van der Waals surface area contributed by atoms with Crippen LogP contribution in [-0.2, 0) is 0 Å². The van der Waals surface area contributed by atoms with Crippen molar-refractivity contribution in [3.8, 4) is 0 Å². The van der Waals surface area contributed by atoms with E-state index >= 15 is 0 Å². The van der Waals surface area contributed by atoms with E-state index < -0.39 is 6.10 Å². The van der Waals surface area contributed by atoms with Crippen molar-refractivity contribution in [1.29, 1.82) is 0 Å². The summed E-state index contributed by atoms with van der Waals surface area (Å²) in [4.78, 5) is 10.5. The normalized spacial score (nSPS) is 18.6. The van der Waals surface area contributed by atoms with Crippen molar-refractivity contribution in [1.82, 2.24) is 9.97 Å². The monoisotopic (exact) mass is 332 g/mol. The summed E-state index contributed by atoms with van der Waals surface area (Å²) in [6, 6.07) is 7.79. The molecule has 7 heteroatoms. The largest absolute Gasteiger partial charge is 0.394 e. The van der Waals surface area contributed by atoms with Gasteiger partial charge >= 0.3 is 0 Å². The highest BCUT2D eigenvalue weighted by Gasteiger charge is 2.25. The molecule has 1 aliphatic rings.